The van der Waals surface area contributed by atoms with Gasteiger partial charge in [0, 0.05) is 0 Å². The monoisotopic (exact) mass is 306 g/mol. The summed E-state index contributed by atoms with van der Waals surface area (Å²) in [5.74, 6) is 0. The van der Waals surface area contributed by atoms with Crippen molar-refractivity contribution in [1.29, 1.82) is 0 Å². The average Bonchev–Trinajstić information content (AvgIpc) is 2.16. The fourth-order valence-electron chi connectivity index (χ4n) is 0.857. The summed E-state index contributed by atoms with van der Waals surface area (Å²) in [7, 11) is -4.06. The van der Waals surface area contributed by atoms with Gasteiger partial charge in [-0.15, -0.1) is 24.5 Å². The molecule has 3 N–H and O–H groups in total. The molecule has 0 aliphatic rings. The Morgan fingerprint density at radius 2 is 1.83 bits per heavy atom. The van der Waals surface area contributed by atoms with Gasteiger partial charge in [0.1, 0.15) is 0 Å². The first kappa shape index (κ1) is 22.8. The Kier molecular flexibility index (Phi) is 13.4. The van der Waals surface area contributed by atoms with Crippen molar-refractivity contribution in [1.82, 2.24) is 0 Å². The molecule has 0 amide bonds. The van der Waals surface area contributed by atoms with Crippen molar-refractivity contribution in [2.45, 2.75) is 18.2 Å². The topological polar surface area (TPSA) is 112 Å². The second-order valence-electron chi connectivity index (χ2n) is 2.66. The molecular formula is C9H12ClNaO6S. The average molecular weight is 307 g/mol. The van der Waals surface area contributed by atoms with Crippen molar-refractivity contribution in [2.75, 3.05) is 0 Å². The normalized spacial score (nSPS) is 9.00. The van der Waals surface area contributed by atoms with Crippen LogP contribution >= 0.6 is 12.4 Å². The molecular weight excluding hydrogens is 295 g/mol. The van der Waals surface area contributed by atoms with Gasteiger partial charge in [0.2, 0.25) is 0 Å². The molecule has 0 aliphatic carbocycles. The Labute approximate surface area is 133 Å². The van der Waals surface area contributed by atoms with Crippen LogP contribution in [0.2, 0.25) is 0 Å². The number of hydrogen-bond donors (Lipinski definition) is 3. The van der Waals surface area contributed by atoms with E-state index in [9.17, 15) is 8.42 Å². The third kappa shape index (κ3) is 10.8. The van der Waals surface area contributed by atoms with Gasteiger partial charge in [0.25, 0.3) is 10.1 Å². The molecule has 0 fully saturated rings. The van der Waals surface area contributed by atoms with E-state index in [1.807, 2.05) is 6.92 Å². The Balaban J connectivity index is -0.000000332. The molecule has 0 spiro atoms. The van der Waals surface area contributed by atoms with Crippen molar-refractivity contribution < 1.29 is 57.5 Å². The maximum atomic E-state index is 10.6. The van der Waals surface area contributed by atoms with Crippen molar-refractivity contribution >= 4 is 28.7 Å². The number of carboxylic acid groups (broad SMARTS) is 2. The molecule has 18 heavy (non-hydrogen) atoms. The van der Waals surface area contributed by atoms with E-state index in [0.29, 0.717) is 6.42 Å². The maximum absolute atomic E-state index is 10.6. The van der Waals surface area contributed by atoms with Gasteiger partial charge in [0.15, 0.2) is 0 Å². The number of hydrogen-bond acceptors (Lipinski definition) is 3. The third-order valence-electron chi connectivity index (χ3n) is 1.51. The van der Waals surface area contributed by atoms with Crippen LogP contribution < -0.4 is 29.6 Å². The standard InChI is InChI=1S/C8H9O3S.CH2O3.ClH.Na/c1-2-7-4-3-5-8(6-7)12(9,10)11;2-1(3)4;;/h3,5-6H,2H2,1H3,(H,9,10,11);(H2,2,3,4);1H;/q-1;;;+1. The summed E-state index contributed by atoms with van der Waals surface area (Å²) >= 11 is 0. The summed E-state index contributed by atoms with van der Waals surface area (Å²) in [6.45, 7) is 1.89. The molecule has 0 unspecified atom stereocenters. The van der Waals surface area contributed by atoms with Crippen molar-refractivity contribution in [3.8, 4) is 0 Å². The quantitative estimate of drug-likeness (QED) is 0.365. The van der Waals surface area contributed by atoms with Gasteiger partial charge in [-0.25, -0.2) is 4.79 Å². The Morgan fingerprint density at radius 1 is 1.39 bits per heavy atom. The minimum Gasteiger partial charge on any atom is -0.450 e. The van der Waals surface area contributed by atoms with Gasteiger partial charge in [-0.05, 0) is 4.90 Å². The third-order valence-corrected chi connectivity index (χ3v) is 2.36. The van der Waals surface area contributed by atoms with E-state index in [2.05, 4.69) is 6.07 Å². The maximum Gasteiger partial charge on any atom is 1.00 e. The summed E-state index contributed by atoms with van der Waals surface area (Å²) in [5, 5.41) is 13.9. The van der Waals surface area contributed by atoms with Crippen LogP contribution in [0.4, 0.5) is 4.79 Å². The Hall–Kier alpha value is -0.310. The minimum atomic E-state index is -4.06. The van der Waals surface area contributed by atoms with E-state index in [1.54, 1.807) is 0 Å². The smallest absolute Gasteiger partial charge is 0.450 e. The number of halogens is 1. The molecule has 0 heterocycles. The van der Waals surface area contributed by atoms with Crippen LogP contribution in [-0.4, -0.2) is 29.3 Å². The molecule has 0 saturated carbocycles. The van der Waals surface area contributed by atoms with Crippen LogP contribution in [-0.2, 0) is 16.5 Å². The van der Waals surface area contributed by atoms with Gasteiger partial charge in [-0.3, -0.25) is 4.55 Å². The van der Waals surface area contributed by atoms with Gasteiger partial charge in [-0.1, -0.05) is 13.3 Å². The predicted molar refractivity (Wildman–Crippen MR) is 62.4 cm³/mol. The van der Waals surface area contributed by atoms with Gasteiger partial charge in [-0.2, -0.15) is 26.1 Å². The van der Waals surface area contributed by atoms with Gasteiger partial charge in [0.05, 0.1) is 0 Å². The molecule has 0 saturated heterocycles. The van der Waals surface area contributed by atoms with E-state index in [4.69, 9.17) is 19.6 Å². The largest absolute Gasteiger partial charge is 1.00 e. The molecule has 0 aromatic heterocycles. The first-order chi connectivity index (χ1) is 7.27. The summed E-state index contributed by atoms with van der Waals surface area (Å²) < 4.78 is 30.0. The second kappa shape index (κ2) is 10.6. The molecule has 1 aromatic carbocycles. The SMILES string of the molecule is CCc1[c-]ccc(S(=O)(=O)O)c1.Cl.O=C(O)O.[Na+]. The Morgan fingerprint density at radius 3 is 2.17 bits per heavy atom. The molecule has 6 nitrogen and oxygen atoms in total. The fraction of sp³-hybridized carbons (Fsp3) is 0.222. The molecule has 1 aromatic rings. The zero-order chi connectivity index (χ0) is 12.8. The predicted octanol–water partition coefficient (Wildman–Crippen LogP) is -1.06. The molecule has 0 atom stereocenters. The summed E-state index contributed by atoms with van der Waals surface area (Å²) in [4.78, 5) is 8.48. The molecule has 98 valence electrons. The molecule has 9 heteroatoms. The zero-order valence-corrected chi connectivity index (χ0v) is 13.5. The Bertz CT molecular complexity index is 458. The van der Waals surface area contributed by atoms with Crippen LogP contribution in [0.5, 0.6) is 0 Å². The first-order valence-electron chi connectivity index (χ1n) is 4.17. The van der Waals surface area contributed by atoms with Crippen LogP contribution in [0.1, 0.15) is 12.5 Å². The summed E-state index contributed by atoms with van der Waals surface area (Å²) in [6, 6.07) is 7.07. The van der Waals surface area contributed by atoms with Crippen LogP contribution in [0.3, 0.4) is 0 Å². The first-order valence-corrected chi connectivity index (χ1v) is 5.61. The van der Waals surface area contributed by atoms with Crippen molar-refractivity contribution in [3.63, 3.8) is 0 Å². The van der Waals surface area contributed by atoms with Crippen molar-refractivity contribution in [2.24, 2.45) is 0 Å². The number of benzene rings is 1. The van der Waals surface area contributed by atoms with E-state index in [0.717, 1.165) is 5.56 Å². The van der Waals surface area contributed by atoms with E-state index in [1.165, 1.54) is 18.2 Å². The van der Waals surface area contributed by atoms with E-state index >= 15 is 0 Å². The zero-order valence-electron chi connectivity index (χ0n) is 9.82. The fourth-order valence-corrected chi connectivity index (χ4v) is 1.39. The summed E-state index contributed by atoms with van der Waals surface area (Å²) in [6.07, 6.45) is -1.14. The molecule has 0 aliphatic heterocycles. The van der Waals surface area contributed by atoms with Gasteiger partial charge < -0.3 is 10.2 Å². The van der Waals surface area contributed by atoms with Crippen LogP contribution in [0, 0.1) is 6.07 Å². The number of carbonyl (C=O) groups is 1. The summed E-state index contributed by atoms with van der Waals surface area (Å²) in [5.41, 5.74) is 0.769. The van der Waals surface area contributed by atoms with Crippen LogP contribution in [0.15, 0.2) is 23.1 Å². The molecule has 0 bridgehead atoms. The molecule has 1 rings (SSSR count). The second-order valence-corrected chi connectivity index (χ2v) is 4.08. The number of rotatable bonds is 2. The van der Waals surface area contributed by atoms with Crippen molar-refractivity contribution in [3.05, 3.63) is 29.8 Å². The van der Waals surface area contributed by atoms with E-state index < -0.39 is 16.3 Å². The van der Waals surface area contributed by atoms with Gasteiger partial charge >= 0.3 is 35.7 Å². The number of aryl methyl sites for hydroxylation is 1. The van der Waals surface area contributed by atoms with Crippen LogP contribution in [0.25, 0.3) is 0 Å². The molecule has 0 radical (unpaired) electrons. The van der Waals surface area contributed by atoms with E-state index in [-0.39, 0.29) is 46.9 Å². The minimum absolute atomic E-state index is 0.